The van der Waals surface area contributed by atoms with Crippen molar-refractivity contribution in [3.05, 3.63) is 93.7 Å². The lowest BCUT2D eigenvalue weighted by atomic mass is 9.71. The average Bonchev–Trinajstić information content (AvgIpc) is 3.32. The summed E-state index contributed by atoms with van der Waals surface area (Å²) < 4.78 is 20.1. The predicted molar refractivity (Wildman–Crippen MR) is 133 cm³/mol. The normalized spacial score (nSPS) is 16.9. The van der Waals surface area contributed by atoms with Gasteiger partial charge in [0.05, 0.1) is 20.1 Å². The van der Waals surface area contributed by atoms with Gasteiger partial charge in [0.25, 0.3) is 11.8 Å². The van der Waals surface area contributed by atoms with Crippen molar-refractivity contribution in [2.24, 2.45) is 0 Å². The number of carbonyl (C=O) groups excluding carboxylic acids is 4. The van der Waals surface area contributed by atoms with Gasteiger partial charge in [-0.1, -0.05) is 57.2 Å². The van der Waals surface area contributed by atoms with Gasteiger partial charge in [-0.3, -0.25) is 19.3 Å². The summed E-state index contributed by atoms with van der Waals surface area (Å²) in [4.78, 5) is 60.8. The van der Waals surface area contributed by atoms with Gasteiger partial charge in [-0.05, 0) is 41.1 Å². The number of hydrogen-bond donors (Lipinski definition) is 0. The zero-order chi connectivity index (χ0) is 27.0. The number of carbonyl (C=O) groups is 4. The van der Waals surface area contributed by atoms with Gasteiger partial charge < -0.3 is 9.57 Å². The third-order valence-corrected chi connectivity index (χ3v) is 6.76. The minimum atomic E-state index is -2.28. The van der Waals surface area contributed by atoms with E-state index in [4.69, 9.17) is 9.57 Å². The summed E-state index contributed by atoms with van der Waals surface area (Å²) in [7, 11) is 1.06. The maximum Gasteiger partial charge on any atom is 0.337 e. The van der Waals surface area contributed by atoms with Crippen LogP contribution in [0.4, 0.5) is 4.39 Å². The number of fused-ring (bicyclic) bond motifs is 2. The van der Waals surface area contributed by atoms with Crippen LogP contribution in [0.5, 0.6) is 0 Å². The number of para-hydroxylation sites is 1. The van der Waals surface area contributed by atoms with Crippen LogP contribution in [0, 0.1) is 5.82 Å². The first kappa shape index (κ1) is 25.2. The van der Waals surface area contributed by atoms with Crippen molar-refractivity contribution in [2.75, 3.05) is 7.11 Å². The summed E-state index contributed by atoms with van der Waals surface area (Å²) in [5, 5.41) is 7.70. The Bertz CT molecular complexity index is 1620. The Morgan fingerprint density at radius 1 is 1.05 bits per heavy atom. The Morgan fingerprint density at radius 3 is 2.55 bits per heavy atom. The smallest absolute Gasteiger partial charge is 0.337 e. The molecule has 0 spiro atoms. The standard InChI is InChI=1S/C26H18BrFN4O6/c1-37-25(36)26(13-22(33)38-32-21-9-5-4-8-20(21)29-30-32)18-7-3-2-6-17(18)23(34)31(24(26)35)14-15-10-11-16(27)12-19(15)28/h2-12H,13-14H2,1H3. The van der Waals surface area contributed by atoms with Crippen molar-refractivity contribution >= 4 is 50.7 Å². The molecular formula is C26H18BrFN4O6. The molecule has 0 saturated heterocycles. The van der Waals surface area contributed by atoms with Gasteiger partial charge in [-0.2, -0.15) is 0 Å². The lowest BCUT2D eigenvalue weighted by molar-refractivity contribution is -0.163. The number of amides is 2. The zero-order valence-electron chi connectivity index (χ0n) is 19.8. The van der Waals surface area contributed by atoms with E-state index in [-0.39, 0.29) is 16.7 Å². The molecule has 12 heteroatoms. The van der Waals surface area contributed by atoms with Gasteiger partial charge in [0.2, 0.25) is 0 Å². The third-order valence-electron chi connectivity index (χ3n) is 6.27. The van der Waals surface area contributed by atoms with Crippen LogP contribution in [0.3, 0.4) is 0 Å². The molecule has 2 heterocycles. The summed E-state index contributed by atoms with van der Waals surface area (Å²) in [6.07, 6.45) is -0.823. The molecule has 1 atom stereocenters. The van der Waals surface area contributed by atoms with Crippen LogP contribution >= 0.6 is 15.9 Å². The Labute approximate surface area is 223 Å². The number of nitrogens with zero attached hydrogens (tertiary/aromatic N) is 4. The first-order valence-corrected chi connectivity index (χ1v) is 12.1. The van der Waals surface area contributed by atoms with Gasteiger partial charge in [-0.25, -0.2) is 9.18 Å². The van der Waals surface area contributed by atoms with Gasteiger partial charge in [0, 0.05) is 15.6 Å². The van der Waals surface area contributed by atoms with E-state index in [2.05, 4.69) is 26.2 Å². The number of ether oxygens (including phenoxy) is 1. The summed E-state index contributed by atoms with van der Waals surface area (Å²) in [6, 6.07) is 16.7. The Balaban J connectivity index is 1.58. The first-order valence-electron chi connectivity index (χ1n) is 11.3. The number of imide groups is 1. The average molecular weight is 581 g/mol. The highest BCUT2D eigenvalue weighted by Crippen LogP contribution is 2.40. The highest BCUT2D eigenvalue weighted by molar-refractivity contribution is 9.10. The molecule has 0 bridgehead atoms. The summed E-state index contributed by atoms with van der Waals surface area (Å²) in [5.74, 6) is -4.55. The highest BCUT2D eigenvalue weighted by Gasteiger charge is 2.58. The zero-order valence-corrected chi connectivity index (χ0v) is 21.3. The van der Waals surface area contributed by atoms with Gasteiger partial charge >= 0.3 is 11.9 Å². The van der Waals surface area contributed by atoms with Gasteiger partial charge in [-0.15, -0.1) is 5.10 Å². The van der Waals surface area contributed by atoms with Crippen LogP contribution in [-0.4, -0.2) is 50.9 Å². The molecule has 0 saturated carbocycles. The Kier molecular flexibility index (Phi) is 6.49. The molecule has 192 valence electrons. The molecule has 0 N–H and O–H groups in total. The summed E-state index contributed by atoms with van der Waals surface area (Å²) in [5.41, 5.74) is -1.44. The number of halogens is 2. The largest absolute Gasteiger partial charge is 0.468 e. The van der Waals surface area contributed by atoms with Crippen LogP contribution < -0.4 is 4.84 Å². The number of benzene rings is 3. The van der Waals surface area contributed by atoms with E-state index >= 15 is 0 Å². The number of esters is 1. The molecule has 0 radical (unpaired) electrons. The van der Waals surface area contributed by atoms with E-state index in [9.17, 15) is 23.6 Å². The minimum absolute atomic E-state index is 0.00553. The van der Waals surface area contributed by atoms with Gasteiger partial charge in [0.1, 0.15) is 16.9 Å². The molecule has 1 aromatic heterocycles. The molecule has 0 aliphatic carbocycles. The molecule has 0 fully saturated rings. The quantitative estimate of drug-likeness (QED) is 0.148. The second kappa shape index (κ2) is 9.78. The van der Waals surface area contributed by atoms with E-state index in [1.807, 2.05) is 0 Å². The van der Waals surface area contributed by atoms with Gasteiger partial charge in [0.15, 0.2) is 5.41 Å². The van der Waals surface area contributed by atoms with Crippen LogP contribution in [-0.2, 0) is 31.1 Å². The second-order valence-electron chi connectivity index (χ2n) is 8.47. The fourth-order valence-electron chi connectivity index (χ4n) is 4.46. The van der Waals surface area contributed by atoms with Crippen molar-refractivity contribution in [3.63, 3.8) is 0 Å². The van der Waals surface area contributed by atoms with Crippen molar-refractivity contribution in [1.82, 2.24) is 20.1 Å². The first-order chi connectivity index (χ1) is 18.3. The van der Waals surface area contributed by atoms with Crippen LogP contribution in [0.25, 0.3) is 11.0 Å². The van der Waals surface area contributed by atoms with Crippen molar-refractivity contribution in [3.8, 4) is 0 Å². The van der Waals surface area contributed by atoms with Crippen LogP contribution in [0.1, 0.15) is 27.9 Å². The molecular weight excluding hydrogens is 563 g/mol. The number of aromatic nitrogens is 3. The minimum Gasteiger partial charge on any atom is -0.468 e. The Morgan fingerprint density at radius 2 is 1.79 bits per heavy atom. The van der Waals surface area contributed by atoms with Crippen LogP contribution in [0.15, 0.2) is 71.2 Å². The monoisotopic (exact) mass is 580 g/mol. The van der Waals surface area contributed by atoms with E-state index in [1.165, 1.54) is 30.3 Å². The SMILES string of the molecule is COC(=O)C1(CC(=O)On2nnc3ccccc32)C(=O)N(Cc2ccc(Br)cc2F)C(=O)c2ccccc21. The van der Waals surface area contributed by atoms with E-state index in [1.54, 1.807) is 36.4 Å². The van der Waals surface area contributed by atoms with E-state index in [0.717, 1.165) is 16.9 Å². The number of methoxy groups -OCH3 is 1. The molecule has 1 aliphatic rings. The molecule has 5 rings (SSSR count). The highest BCUT2D eigenvalue weighted by atomic mass is 79.9. The molecule has 38 heavy (non-hydrogen) atoms. The second-order valence-corrected chi connectivity index (χ2v) is 9.38. The predicted octanol–water partition coefficient (Wildman–Crippen LogP) is 2.97. The third kappa shape index (κ3) is 4.12. The lowest BCUT2D eigenvalue weighted by Gasteiger charge is -2.39. The molecule has 1 unspecified atom stereocenters. The molecule has 2 amide bonds. The maximum absolute atomic E-state index is 14.7. The number of rotatable bonds is 6. The number of hydrogen-bond acceptors (Lipinski definition) is 8. The fraction of sp³-hybridized carbons (Fsp3) is 0.154. The fourth-order valence-corrected chi connectivity index (χ4v) is 4.80. The lowest BCUT2D eigenvalue weighted by Crippen LogP contribution is -2.59. The van der Waals surface area contributed by atoms with Crippen LogP contribution in [0.2, 0.25) is 0 Å². The van der Waals surface area contributed by atoms with Crippen molar-refractivity contribution < 1.29 is 33.1 Å². The summed E-state index contributed by atoms with van der Waals surface area (Å²) >= 11 is 3.17. The molecule has 3 aromatic carbocycles. The molecule has 1 aliphatic heterocycles. The summed E-state index contributed by atoms with van der Waals surface area (Å²) in [6.45, 7) is -0.480. The maximum atomic E-state index is 14.7. The molecule has 4 aromatic rings. The van der Waals surface area contributed by atoms with Crippen molar-refractivity contribution in [1.29, 1.82) is 0 Å². The Hall–Kier alpha value is -4.45. The van der Waals surface area contributed by atoms with Crippen molar-refractivity contribution in [2.45, 2.75) is 18.4 Å². The van der Waals surface area contributed by atoms with E-state index < -0.39 is 48.0 Å². The molecule has 10 nitrogen and oxygen atoms in total. The topological polar surface area (TPSA) is 121 Å². The van der Waals surface area contributed by atoms with E-state index in [0.29, 0.717) is 15.5 Å².